The van der Waals surface area contributed by atoms with Crippen molar-refractivity contribution in [2.45, 2.75) is 83.6 Å². The summed E-state index contributed by atoms with van der Waals surface area (Å²) in [6, 6.07) is 0.388. The summed E-state index contributed by atoms with van der Waals surface area (Å²) in [6.45, 7) is 3.03. The summed E-state index contributed by atoms with van der Waals surface area (Å²) in [5.41, 5.74) is -0.267. The third-order valence-corrected chi connectivity index (χ3v) is 5.29. The van der Waals surface area contributed by atoms with Crippen molar-refractivity contribution in [1.82, 2.24) is 4.90 Å². The number of carboxylic acids is 1. The van der Waals surface area contributed by atoms with Crippen molar-refractivity contribution in [3.63, 3.8) is 0 Å². The molecule has 1 unspecified atom stereocenters. The van der Waals surface area contributed by atoms with E-state index < -0.39 is 5.97 Å². The number of carbonyl (C=O) groups excluding carboxylic acids is 1. The summed E-state index contributed by atoms with van der Waals surface area (Å²) < 4.78 is 0. The second-order valence-electron chi connectivity index (χ2n) is 6.98. The predicted octanol–water partition coefficient (Wildman–Crippen LogP) is 3.59. The number of hydrogen-bond donors (Lipinski definition) is 1. The fraction of sp³-hybridized carbons (Fsp3) is 0.882. The van der Waals surface area contributed by atoms with Gasteiger partial charge in [0, 0.05) is 19.0 Å². The standard InChI is InChI=1S/C17H29NO3/c1-2-7-14-8-3-6-11-18(14)15(19)12-17(13-16(20)21)9-4-5-10-17/h14H,2-13H2,1H3,(H,20,21). The molecule has 2 rings (SSSR count). The highest BCUT2D eigenvalue weighted by Gasteiger charge is 2.40. The topological polar surface area (TPSA) is 57.6 Å². The first-order chi connectivity index (χ1) is 10.1. The van der Waals surface area contributed by atoms with Gasteiger partial charge in [-0.3, -0.25) is 9.59 Å². The van der Waals surface area contributed by atoms with E-state index in [1.54, 1.807) is 0 Å². The van der Waals surface area contributed by atoms with E-state index in [-0.39, 0.29) is 17.7 Å². The Morgan fingerprint density at radius 2 is 1.86 bits per heavy atom. The largest absolute Gasteiger partial charge is 0.481 e. The lowest BCUT2D eigenvalue weighted by atomic mass is 9.78. The molecule has 0 bridgehead atoms. The van der Waals surface area contributed by atoms with Gasteiger partial charge in [-0.15, -0.1) is 0 Å². The van der Waals surface area contributed by atoms with Crippen LogP contribution in [0.15, 0.2) is 0 Å². The maximum absolute atomic E-state index is 12.8. The maximum Gasteiger partial charge on any atom is 0.303 e. The van der Waals surface area contributed by atoms with E-state index in [1.165, 1.54) is 6.42 Å². The van der Waals surface area contributed by atoms with Gasteiger partial charge in [0.1, 0.15) is 0 Å². The zero-order valence-electron chi connectivity index (χ0n) is 13.3. The third kappa shape index (κ3) is 4.21. The second-order valence-corrected chi connectivity index (χ2v) is 6.98. The van der Waals surface area contributed by atoms with E-state index >= 15 is 0 Å². The molecule has 0 spiro atoms. The van der Waals surface area contributed by atoms with Gasteiger partial charge in [-0.1, -0.05) is 26.2 Å². The van der Waals surface area contributed by atoms with E-state index in [9.17, 15) is 14.7 Å². The molecule has 1 saturated heterocycles. The molecule has 4 heteroatoms. The minimum atomic E-state index is -0.756. The molecule has 0 aromatic rings. The molecule has 1 N–H and O–H groups in total. The Labute approximate surface area is 127 Å². The lowest BCUT2D eigenvalue weighted by molar-refractivity contribution is -0.142. The van der Waals surface area contributed by atoms with Crippen LogP contribution in [0.3, 0.4) is 0 Å². The monoisotopic (exact) mass is 295 g/mol. The van der Waals surface area contributed by atoms with Crippen LogP contribution in [0, 0.1) is 5.41 Å². The highest BCUT2D eigenvalue weighted by Crippen LogP contribution is 2.44. The molecule has 1 aliphatic carbocycles. The Hall–Kier alpha value is -1.06. The minimum absolute atomic E-state index is 0.158. The number of likely N-dealkylation sites (tertiary alicyclic amines) is 1. The quantitative estimate of drug-likeness (QED) is 0.814. The molecule has 0 radical (unpaired) electrons. The van der Waals surface area contributed by atoms with Crippen molar-refractivity contribution in [3.05, 3.63) is 0 Å². The highest BCUT2D eigenvalue weighted by atomic mass is 16.4. The highest BCUT2D eigenvalue weighted by molar-refractivity contribution is 5.78. The van der Waals surface area contributed by atoms with Crippen molar-refractivity contribution >= 4 is 11.9 Å². The summed E-state index contributed by atoms with van der Waals surface area (Å²) in [7, 11) is 0. The third-order valence-electron chi connectivity index (χ3n) is 5.29. The molecule has 4 nitrogen and oxygen atoms in total. The molecule has 21 heavy (non-hydrogen) atoms. The fourth-order valence-corrected chi connectivity index (χ4v) is 4.25. The average molecular weight is 295 g/mol. The zero-order chi connectivity index (χ0) is 15.3. The molecule has 1 saturated carbocycles. The van der Waals surface area contributed by atoms with Gasteiger partial charge >= 0.3 is 5.97 Å². The van der Waals surface area contributed by atoms with E-state index in [1.807, 2.05) is 0 Å². The number of amides is 1. The number of piperidine rings is 1. The summed E-state index contributed by atoms with van der Waals surface area (Å²) >= 11 is 0. The van der Waals surface area contributed by atoms with E-state index in [0.29, 0.717) is 12.5 Å². The number of hydrogen-bond acceptors (Lipinski definition) is 2. The minimum Gasteiger partial charge on any atom is -0.481 e. The molecular formula is C17H29NO3. The molecule has 0 aromatic carbocycles. The molecular weight excluding hydrogens is 266 g/mol. The van der Waals surface area contributed by atoms with Crippen LogP contribution in [-0.2, 0) is 9.59 Å². The zero-order valence-corrected chi connectivity index (χ0v) is 13.3. The smallest absolute Gasteiger partial charge is 0.303 e. The van der Waals surface area contributed by atoms with Crippen LogP contribution in [0.1, 0.15) is 77.6 Å². The van der Waals surface area contributed by atoms with Crippen molar-refractivity contribution in [2.75, 3.05) is 6.54 Å². The van der Waals surface area contributed by atoms with E-state index in [4.69, 9.17) is 0 Å². The second kappa shape index (κ2) is 7.28. The van der Waals surface area contributed by atoms with Crippen molar-refractivity contribution in [1.29, 1.82) is 0 Å². The van der Waals surface area contributed by atoms with Crippen molar-refractivity contribution in [2.24, 2.45) is 5.41 Å². The Morgan fingerprint density at radius 1 is 1.14 bits per heavy atom. The molecule has 1 amide bonds. The van der Waals surface area contributed by atoms with Gasteiger partial charge < -0.3 is 10.0 Å². The fourth-order valence-electron chi connectivity index (χ4n) is 4.25. The normalized spacial score (nSPS) is 25.0. The summed E-state index contributed by atoms with van der Waals surface area (Å²) in [4.78, 5) is 26.0. The molecule has 1 heterocycles. The van der Waals surface area contributed by atoms with Gasteiger partial charge in [0.25, 0.3) is 0 Å². The van der Waals surface area contributed by atoms with Crippen LogP contribution in [0.25, 0.3) is 0 Å². The van der Waals surface area contributed by atoms with Crippen LogP contribution in [-0.4, -0.2) is 34.5 Å². The lowest BCUT2D eigenvalue weighted by Gasteiger charge is -2.38. The molecule has 2 aliphatic rings. The Balaban J connectivity index is 2.01. The van der Waals surface area contributed by atoms with E-state index in [2.05, 4.69) is 11.8 Å². The predicted molar refractivity (Wildman–Crippen MR) is 82.0 cm³/mol. The van der Waals surface area contributed by atoms with Gasteiger partial charge in [-0.25, -0.2) is 0 Å². The molecule has 1 aliphatic heterocycles. The van der Waals surface area contributed by atoms with E-state index in [0.717, 1.165) is 57.9 Å². The first kappa shape index (κ1) is 16.3. The summed E-state index contributed by atoms with van der Waals surface area (Å²) in [5.74, 6) is -0.551. The maximum atomic E-state index is 12.8. The molecule has 2 fully saturated rings. The van der Waals surface area contributed by atoms with Crippen LogP contribution < -0.4 is 0 Å². The van der Waals surface area contributed by atoms with Gasteiger partial charge in [0.05, 0.1) is 6.42 Å². The van der Waals surface area contributed by atoms with Gasteiger partial charge in [0.15, 0.2) is 0 Å². The van der Waals surface area contributed by atoms with Crippen LogP contribution in [0.4, 0.5) is 0 Å². The Morgan fingerprint density at radius 3 is 2.48 bits per heavy atom. The van der Waals surface area contributed by atoms with Crippen LogP contribution >= 0.6 is 0 Å². The number of aliphatic carboxylic acids is 1. The SMILES string of the molecule is CCCC1CCCCN1C(=O)CC1(CC(=O)O)CCCC1. The first-order valence-electron chi connectivity index (χ1n) is 8.57. The van der Waals surface area contributed by atoms with Gasteiger partial charge in [0.2, 0.25) is 5.91 Å². The lowest BCUT2D eigenvalue weighted by Crippen LogP contribution is -2.45. The van der Waals surface area contributed by atoms with Crippen molar-refractivity contribution in [3.8, 4) is 0 Å². The Kier molecular flexibility index (Phi) is 5.65. The van der Waals surface area contributed by atoms with Crippen LogP contribution in [0.5, 0.6) is 0 Å². The number of rotatable bonds is 6. The van der Waals surface area contributed by atoms with Crippen LogP contribution in [0.2, 0.25) is 0 Å². The van der Waals surface area contributed by atoms with Crippen molar-refractivity contribution < 1.29 is 14.7 Å². The summed E-state index contributed by atoms with van der Waals surface area (Å²) in [6.07, 6.45) is 10.2. The number of carbonyl (C=O) groups is 2. The summed E-state index contributed by atoms with van der Waals surface area (Å²) in [5, 5.41) is 9.17. The average Bonchev–Trinajstić information content (AvgIpc) is 2.87. The molecule has 1 atom stereocenters. The molecule has 0 aromatic heterocycles. The first-order valence-corrected chi connectivity index (χ1v) is 8.57. The van der Waals surface area contributed by atoms with Gasteiger partial charge in [-0.2, -0.15) is 0 Å². The molecule has 120 valence electrons. The number of nitrogens with zero attached hydrogens (tertiary/aromatic N) is 1. The van der Waals surface area contributed by atoms with Gasteiger partial charge in [-0.05, 0) is 43.9 Å². The number of carboxylic acid groups (broad SMARTS) is 1. The Bertz CT molecular complexity index is 372.